The maximum absolute atomic E-state index is 11.9. The standard InChI is InChI=1S/C19H36N4O9S7/c24-3-1-5-29-18(26)22-10-35-15-34-9-21-12-39(28)17-38-16-37-13-30-19(27)23-11-36-14-33-8-20-7-32-31-6-2-4-25/h7,12,24-25H,1-6,8-11,13-17H2,(H,22,26)(H,23,27). The van der Waals surface area contributed by atoms with Gasteiger partial charge in [-0.3, -0.25) is 9.20 Å². The van der Waals surface area contributed by atoms with Gasteiger partial charge in [0.05, 0.1) is 58.2 Å². The van der Waals surface area contributed by atoms with Crippen LogP contribution in [0.15, 0.2) is 9.98 Å². The molecular weight excluding hydrogens is 653 g/mol. The highest BCUT2D eigenvalue weighted by atomic mass is 32.2. The SMILES string of the molecule is O=C(NCSCSCN=CS(=O)CSCSCOC(=O)NCSCSCN=COOCCCO)OCCCO. The molecule has 0 saturated heterocycles. The second-order valence-electron chi connectivity index (χ2n) is 6.31. The lowest BCUT2D eigenvalue weighted by molar-refractivity contribution is -0.217. The Balaban J connectivity index is 3.42. The molecule has 0 rings (SSSR count). The molecule has 0 aliphatic rings. The molecule has 0 aromatic carbocycles. The number of aliphatic hydroxyl groups excluding tert-OH is 2. The van der Waals surface area contributed by atoms with Crippen LogP contribution in [0, 0.1) is 0 Å². The van der Waals surface area contributed by atoms with Crippen LogP contribution in [0.1, 0.15) is 12.8 Å². The van der Waals surface area contributed by atoms with E-state index in [-0.39, 0.29) is 25.8 Å². The Labute approximate surface area is 257 Å². The van der Waals surface area contributed by atoms with Crippen LogP contribution in [0.4, 0.5) is 9.59 Å². The van der Waals surface area contributed by atoms with Crippen LogP contribution in [-0.2, 0) is 30.0 Å². The molecule has 4 N–H and O–H groups in total. The molecule has 39 heavy (non-hydrogen) atoms. The van der Waals surface area contributed by atoms with E-state index in [4.69, 9.17) is 24.6 Å². The van der Waals surface area contributed by atoms with Crippen molar-refractivity contribution in [3.05, 3.63) is 0 Å². The zero-order valence-corrected chi connectivity index (χ0v) is 27.0. The van der Waals surface area contributed by atoms with Crippen molar-refractivity contribution in [3.8, 4) is 0 Å². The minimum atomic E-state index is -1.17. The summed E-state index contributed by atoms with van der Waals surface area (Å²) in [6.07, 6.45) is 1.14. The van der Waals surface area contributed by atoms with Crippen LogP contribution in [0.2, 0.25) is 0 Å². The monoisotopic (exact) mass is 688 g/mol. The summed E-state index contributed by atoms with van der Waals surface area (Å²) >= 11 is 8.99. The van der Waals surface area contributed by atoms with E-state index in [0.717, 1.165) is 5.08 Å². The van der Waals surface area contributed by atoms with Crippen LogP contribution in [-0.4, -0.2) is 115 Å². The van der Waals surface area contributed by atoms with E-state index in [1.54, 1.807) is 11.8 Å². The number of alkyl carbamates (subject to hydrolysis) is 2. The van der Waals surface area contributed by atoms with E-state index >= 15 is 0 Å². The second-order valence-corrected chi connectivity index (χ2v) is 14.8. The summed E-state index contributed by atoms with van der Waals surface area (Å²) < 4.78 is 21.8. The molecule has 0 aliphatic carbocycles. The summed E-state index contributed by atoms with van der Waals surface area (Å²) in [5, 5.41) is 24.9. The van der Waals surface area contributed by atoms with Crippen molar-refractivity contribution in [1.29, 1.82) is 0 Å². The van der Waals surface area contributed by atoms with Gasteiger partial charge in [0.15, 0.2) is 0 Å². The molecule has 0 spiro atoms. The van der Waals surface area contributed by atoms with Crippen LogP contribution < -0.4 is 10.6 Å². The summed E-state index contributed by atoms with van der Waals surface area (Å²) in [6, 6.07) is 0. The molecule has 0 aromatic rings. The van der Waals surface area contributed by atoms with Crippen molar-refractivity contribution in [2.75, 3.05) is 76.2 Å². The molecule has 228 valence electrons. The fraction of sp³-hybridized carbons (Fsp3) is 0.789. The van der Waals surface area contributed by atoms with Crippen LogP contribution in [0.25, 0.3) is 0 Å². The molecule has 0 saturated carbocycles. The number of aliphatic imine (C=N–C) groups is 2. The lowest BCUT2D eigenvalue weighted by Gasteiger charge is -2.06. The topological polar surface area (TPSA) is 177 Å². The Bertz CT molecular complexity index is 685. The molecule has 2 amide bonds. The third-order valence-corrected chi connectivity index (χ3v) is 10.9. The van der Waals surface area contributed by atoms with Gasteiger partial charge >= 0.3 is 12.2 Å². The van der Waals surface area contributed by atoms with Gasteiger partial charge in [-0.1, -0.05) is 0 Å². The number of amides is 2. The summed E-state index contributed by atoms with van der Waals surface area (Å²) in [4.78, 5) is 40.4. The van der Waals surface area contributed by atoms with Gasteiger partial charge in [-0.05, 0) is 6.42 Å². The third kappa shape index (κ3) is 32.2. The van der Waals surface area contributed by atoms with Gasteiger partial charge in [0.1, 0.15) is 5.94 Å². The molecule has 13 nitrogen and oxygen atoms in total. The van der Waals surface area contributed by atoms with Crippen molar-refractivity contribution >= 4 is 106 Å². The van der Waals surface area contributed by atoms with Crippen molar-refractivity contribution in [3.63, 3.8) is 0 Å². The number of carbonyl (C=O) groups is 2. The van der Waals surface area contributed by atoms with Gasteiger partial charge in [0.2, 0.25) is 6.40 Å². The molecule has 20 heteroatoms. The Morgan fingerprint density at radius 1 is 0.795 bits per heavy atom. The molecule has 1 unspecified atom stereocenters. The van der Waals surface area contributed by atoms with Crippen LogP contribution in [0.5, 0.6) is 0 Å². The molecule has 0 aromatic heterocycles. The van der Waals surface area contributed by atoms with E-state index in [0.29, 0.717) is 58.2 Å². The summed E-state index contributed by atoms with van der Waals surface area (Å²) in [7, 11) is -1.17. The lowest BCUT2D eigenvalue weighted by atomic mass is 10.5. The maximum atomic E-state index is 11.9. The normalized spacial score (nSPS) is 12.1. The maximum Gasteiger partial charge on any atom is 0.408 e. The first-order valence-corrected chi connectivity index (χ1v) is 19.5. The summed E-state index contributed by atoms with van der Waals surface area (Å²) in [5.41, 5.74) is 1.43. The molecule has 0 aliphatic heterocycles. The summed E-state index contributed by atoms with van der Waals surface area (Å²) in [6.45, 7) is 0.528. The first kappa shape index (κ1) is 38.8. The number of hydrogen-bond acceptors (Lipinski definition) is 17. The van der Waals surface area contributed by atoms with Gasteiger partial charge < -0.3 is 35.2 Å². The van der Waals surface area contributed by atoms with Gasteiger partial charge in [-0.2, -0.15) is 4.89 Å². The Hall–Kier alpha value is -0.190. The zero-order valence-electron chi connectivity index (χ0n) is 21.3. The van der Waals surface area contributed by atoms with Crippen molar-refractivity contribution in [2.24, 2.45) is 9.98 Å². The largest absolute Gasteiger partial charge is 0.449 e. The van der Waals surface area contributed by atoms with Crippen molar-refractivity contribution in [1.82, 2.24) is 10.6 Å². The van der Waals surface area contributed by atoms with E-state index in [1.165, 1.54) is 70.8 Å². The number of ether oxygens (including phenoxy) is 2. The Morgan fingerprint density at radius 2 is 1.41 bits per heavy atom. The number of nitrogens with one attached hydrogen (secondary N) is 2. The third-order valence-electron chi connectivity index (χ3n) is 3.24. The molecular formula is C19H36N4O9S7. The number of rotatable bonds is 27. The number of nitrogens with zero attached hydrogens (tertiary/aromatic N) is 2. The van der Waals surface area contributed by atoms with Crippen molar-refractivity contribution in [2.45, 2.75) is 12.8 Å². The Morgan fingerprint density at radius 3 is 2.10 bits per heavy atom. The predicted octanol–water partition coefficient (Wildman–Crippen LogP) is 2.97. The molecule has 0 fully saturated rings. The van der Waals surface area contributed by atoms with E-state index < -0.39 is 23.0 Å². The molecule has 0 radical (unpaired) electrons. The molecule has 1 atom stereocenters. The first-order valence-electron chi connectivity index (χ1n) is 11.2. The van der Waals surface area contributed by atoms with Gasteiger partial charge in [0, 0.05) is 34.9 Å². The fourth-order valence-corrected chi connectivity index (χ4v) is 7.69. The average Bonchev–Trinajstić information content (AvgIpc) is 2.92. The number of hydrogen-bond donors (Lipinski definition) is 4. The lowest BCUT2D eigenvalue weighted by Crippen LogP contribution is -2.24. The average molecular weight is 689 g/mol. The van der Waals surface area contributed by atoms with Gasteiger partial charge in [-0.25, -0.2) is 14.6 Å². The zero-order chi connectivity index (χ0) is 28.7. The van der Waals surface area contributed by atoms with Gasteiger partial charge in [-0.15, -0.1) is 70.6 Å². The number of aliphatic hydroxyl groups is 2. The highest BCUT2D eigenvalue weighted by molar-refractivity contribution is 8.22. The van der Waals surface area contributed by atoms with Crippen molar-refractivity contribution < 1.29 is 43.3 Å². The highest BCUT2D eigenvalue weighted by Gasteiger charge is 2.03. The van der Waals surface area contributed by atoms with Crippen LogP contribution >= 0.6 is 70.6 Å². The van der Waals surface area contributed by atoms with Crippen LogP contribution in [0.3, 0.4) is 0 Å². The van der Waals surface area contributed by atoms with Gasteiger partial charge in [0.25, 0.3) is 0 Å². The first-order chi connectivity index (χ1) is 19.1. The minimum absolute atomic E-state index is 0.0149. The smallest absolute Gasteiger partial charge is 0.408 e. The highest BCUT2D eigenvalue weighted by Crippen LogP contribution is 2.14. The molecule has 0 bridgehead atoms. The van der Waals surface area contributed by atoms with E-state index in [2.05, 4.69) is 25.5 Å². The molecule has 0 heterocycles. The summed E-state index contributed by atoms with van der Waals surface area (Å²) in [5.74, 6) is 2.01. The predicted molar refractivity (Wildman–Crippen MR) is 169 cm³/mol. The number of thioether (sulfide) groups is 6. The fourth-order valence-electron chi connectivity index (χ4n) is 1.64. The Kier molecular flexibility index (Phi) is 32.2. The second kappa shape index (κ2) is 32.3. The quantitative estimate of drug-likeness (QED) is 0.0247. The van der Waals surface area contributed by atoms with E-state index in [1.807, 2.05) is 0 Å². The van der Waals surface area contributed by atoms with E-state index in [9.17, 15) is 13.8 Å². The number of carbonyl (C=O) groups excluding carboxylic acids is 2. The minimum Gasteiger partial charge on any atom is -0.449 e.